The van der Waals surface area contributed by atoms with E-state index in [4.69, 9.17) is 4.42 Å². The highest BCUT2D eigenvalue weighted by molar-refractivity contribution is 5.98. The summed E-state index contributed by atoms with van der Waals surface area (Å²) in [6.07, 6.45) is 3.30. The third kappa shape index (κ3) is 4.45. The van der Waals surface area contributed by atoms with Crippen LogP contribution in [-0.4, -0.2) is 36.3 Å². The molecule has 1 heterocycles. The number of amides is 2. The minimum Gasteiger partial charge on any atom is -0.472 e. The van der Waals surface area contributed by atoms with E-state index in [0.717, 1.165) is 12.1 Å². The van der Waals surface area contributed by atoms with E-state index >= 15 is 0 Å². The van der Waals surface area contributed by atoms with Crippen molar-refractivity contribution in [2.75, 3.05) is 18.9 Å². The molecule has 24 heavy (non-hydrogen) atoms. The second-order valence-corrected chi connectivity index (χ2v) is 5.52. The van der Waals surface area contributed by atoms with Gasteiger partial charge in [-0.1, -0.05) is 13.0 Å². The number of nitrogens with one attached hydrogen (secondary N) is 2. The molecule has 0 saturated heterocycles. The molecule has 2 rings (SSSR count). The van der Waals surface area contributed by atoms with E-state index in [-0.39, 0.29) is 17.9 Å². The van der Waals surface area contributed by atoms with E-state index in [2.05, 4.69) is 10.6 Å². The maximum atomic E-state index is 12.5. The standard InChI is InChI=1S/C18H23N3O3/c1-4-21(11-14-8-9-24-12-14)13(2)17(22)20-16-7-5-6-15(10-16)18(23)19-3/h5-10,12-13H,4,11H2,1-3H3,(H,19,23)(H,20,22). The Morgan fingerprint density at radius 3 is 2.71 bits per heavy atom. The van der Waals surface area contributed by atoms with Crippen LogP contribution in [0.1, 0.15) is 29.8 Å². The molecule has 0 spiro atoms. The smallest absolute Gasteiger partial charge is 0.251 e. The number of nitrogens with zero attached hydrogens (tertiary/aromatic N) is 1. The number of hydrogen-bond acceptors (Lipinski definition) is 4. The first kappa shape index (κ1) is 17.7. The number of anilines is 1. The van der Waals surface area contributed by atoms with Crippen LogP contribution >= 0.6 is 0 Å². The first-order valence-corrected chi connectivity index (χ1v) is 7.93. The summed E-state index contributed by atoms with van der Waals surface area (Å²) in [6.45, 7) is 5.25. The molecule has 2 aromatic rings. The molecule has 0 aliphatic rings. The normalized spacial score (nSPS) is 12.0. The zero-order valence-electron chi connectivity index (χ0n) is 14.2. The number of furan rings is 1. The average Bonchev–Trinajstić information content (AvgIpc) is 3.11. The number of hydrogen-bond donors (Lipinski definition) is 2. The van der Waals surface area contributed by atoms with Crippen molar-refractivity contribution in [3.8, 4) is 0 Å². The summed E-state index contributed by atoms with van der Waals surface area (Å²) in [5, 5.41) is 5.44. The van der Waals surface area contributed by atoms with Crippen LogP contribution in [0.2, 0.25) is 0 Å². The van der Waals surface area contributed by atoms with Crippen molar-refractivity contribution >= 4 is 17.5 Å². The second kappa shape index (κ2) is 8.31. The summed E-state index contributed by atoms with van der Waals surface area (Å²) in [5.41, 5.74) is 2.14. The molecular weight excluding hydrogens is 306 g/mol. The Hall–Kier alpha value is -2.60. The third-order valence-electron chi connectivity index (χ3n) is 3.92. The topological polar surface area (TPSA) is 74.6 Å². The van der Waals surface area contributed by atoms with Crippen molar-refractivity contribution in [3.05, 3.63) is 54.0 Å². The van der Waals surface area contributed by atoms with Gasteiger partial charge in [-0.15, -0.1) is 0 Å². The largest absolute Gasteiger partial charge is 0.472 e. The summed E-state index contributed by atoms with van der Waals surface area (Å²) in [5.74, 6) is -0.302. The zero-order chi connectivity index (χ0) is 17.5. The molecule has 2 N–H and O–H groups in total. The van der Waals surface area contributed by atoms with Gasteiger partial charge in [0.25, 0.3) is 5.91 Å². The van der Waals surface area contributed by atoms with Gasteiger partial charge in [-0.3, -0.25) is 14.5 Å². The Bertz CT molecular complexity index is 683. The molecule has 1 aromatic carbocycles. The minimum atomic E-state index is -0.312. The first-order valence-electron chi connectivity index (χ1n) is 7.93. The van der Waals surface area contributed by atoms with Gasteiger partial charge >= 0.3 is 0 Å². The summed E-state index contributed by atoms with van der Waals surface area (Å²) < 4.78 is 5.08. The van der Waals surface area contributed by atoms with Crippen LogP contribution in [0.4, 0.5) is 5.69 Å². The van der Waals surface area contributed by atoms with Crippen LogP contribution < -0.4 is 10.6 Å². The summed E-state index contributed by atoms with van der Waals surface area (Å²) in [4.78, 5) is 26.2. The fourth-order valence-electron chi connectivity index (χ4n) is 2.43. The number of carbonyl (C=O) groups is 2. The second-order valence-electron chi connectivity index (χ2n) is 5.52. The SMILES string of the molecule is CCN(Cc1ccoc1)C(C)C(=O)Nc1cccc(C(=O)NC)c1. The van der Waals surface area contributed by atoms with Crippen LogP contribution in [0, 0.1) is 0 Å². The van der Waals surface area contributed by atoms with Crippen LogP contribution in [0.25, 0.3) is 0 Å². The van der Waals surface area contributed by atoms with E-state index in [0.29, 0.717) is 17.8 Å². The highest BCUT2D eigenvalue weighted by atomic mass is 16.3. The quantitative estimate of drug-likeness (QED) is 0.818. The summed E-state index contributed by atoms with van der Waals surface area (Å²) in [6, 6.07) is 8.45. The first-order chi connectivity index (χ1) is 11.5. The maximum Gasteiger partial charge on any atom is 0.251 e. The van der Waals surface area contributed by atoms with E-state index in [1.807, 2.05) is 24.8 Å². The lowest BCUT2D eigenvalue weighted by Gasteiger charge is -2.26. The van der Waals surface area contributed by atoms with Crippen molar-refractivity contribution in [3.63, 3.8) is 0 Å². The summed E-state index contributed by atoms with van der Waals surface area (Å²) in [7, 11) is 1.57. The highest BCUT2D eigenvalue weighted by Crippen LogP contribution is 2.14. The van der Waals surface area contributed by atoms with E-state index in [1.54, 1.807) is 43.8 Å². The molecule has 0 fully saturated rings. The van der Waals surface area contributed by atoms with E-state index in [1.165, 1.54) is 0 Å². The van der Waals surface area contributed by atoms with Crippen molar-refractivity contribution in [2.24, 2.45) is 0 Å². The van der Waals surface area contributed by atoms with Crippen LogP contribution in [0.15, 0.2) is 47.3 Å². The predicted molar refractivity (Wildman–Crippen MR) is 92.7 cm³/mol. The Morgan fingerprint density at radius 1 is 1.29 bits per heavy atom. The molecule has 1 unspecified atom stereocenters. The van der Waals surface area contributed by atoms with E-state index in [9.17, 15) is 9.59 Å². The van der Waals surface area contributed by atoms with Crippen molar-refractivity contribution in [1.82, 2.24) is 10.2 Å². The lowest BCUT2D eigenvalue weighted by atomic mass is 10.1. The third-order valence-corrected chi connectivity index (χ3v) is 3.92. The van der Waals surface area contributed by atoms with Crippen LogP contribution in [0.3, 0.4) is 0 Å². The molecule has 2 amide bonds. The van der Waals surface area contributed by atoms with Crippen molar-refractivity contribution in [1.29, 1.82) is 0 Å². The van der Waals surface area contributed by atoms with Crippen molar-refractivity contribution in [2.45, 2.75) is 26.4 Å². The molecule has 0 aliphatic heterocycles. The van der Waals surface area contributed by atoms with Gasteiger partial charge in [-0.25, -0.2) is 0 Å². The lowest BCUT2D eigenvalue weighted by Crippen LogP contribution is -2.41. The van der Waals surface area contributed by atoms with Gasteiger partial charge in [-0.2, -0.15) is 0 Å². The number of carbonyl (C=O) groups excluding carboxylic acids is 2. The van der Waals surface area contributed by atoms with Gasteiger partial charge < -0.3 is 15.1 Å². The maximum absolute atomic E-state index is 12.5. The molecule has 6 heteroatoms. The monoisotopic (exact) mass is 329 g/mol. The van der Waals surface area contributed by atoms with Gasteiger partial charge in [0.1, 0.15) is 0 Å². The summed E-state index contributed by atoms with van der Waals surface area (Å²) >= 11 is 0. The number of rotatable bonds is 7. The zero-order valence-corrected chi connectivity index (χ0v) is 14.2. The predicted octanol–water partition coefficient (Wildman–Crippen LogP) is 2.49. The van der Waals surface area contributed by atoms with Gasteiger partial charge in [0.05, 0.1) is 18.6 Å². The Kier molecular flexibility index (Phi) is 6.14. The molecular formula is C18H23N3O3. The molecule has 0 saturated carbocycles. The Morgan fingerprint density at radius 2 is 2.08 bits per heavy atom. The molecule has 128 valence electrons. The molecule has 0 bridgehead atoms. The molecule has 1 aromatic heterocycles. The highest BCUT2D eigenvalue weighted by Gasteiger charge is 2.21. The molecule has 1 atom stereocenters. The fourth-order valence-corrected chi connectivity index (χ4v) is 2.43. The molecule has 0 aliphatic carbocycles. The van der Waals surface area contributed by atoms with Gasteiger partial charge in [0.2, 0.25) is 5.91 Å². The number of benzene rings is 1. The van der Waals surface area contributed by atoms with E-state index < -0.39 is 0 Å². The molecule has 6 nitrogen and oxygen atoms in total. The minimum absolute atomic E-state index is 0.116. The lowest BCUT2D eigenvalue weighted by molar-refractivity contribution is -0.120. The number of likely N-dealkylation sites (N-methyl/N-ethyl adjacent to an activating group) is 1. The Balaban J connectivity index is 2.03. The van der Waals surface area contributed by atoms with Gasteiger partial charge in [-0.05, 0) is 37.7 Å². The van der Waals surface area contributed by atoms with Crippen molar-refractivity contribution < 1.29 is 14.0 Å². The average molecular weight is 329 g/mol. The van der Waals surface area contributed by atoms with Gasteiger partial charge in [0.15, 0.2) is 0 Å². The molecule has 0 radical (unpaired) electrons. The van der Waals surface area contributed by atoms with Crippen LogP contribution in [0.5, 0.6) is 0 Å². The van der Waals surface area contributed by atoms with Gasteiger partial charge in [0, 0.05) is 30.4 Å². The Labute approximate surface area is 141 Å². The van der Waals surface area contributed by atoms with Crippen LogP contribution in [-0.2, 0) is 11.3 Å². The fraction of sp³-hybridized carbons (Fsp3) is 0.333.